The van der Waals surface area contributed by atoms with Crippen LogP contribution in [-0.2, 0) is 21.2 Å². The van der Waals surface area contributed by atoms with Crippen molar-refractivity contribution in [3.05, 3.63) is 53.6 Å². The number of benzene rings is 2. The van der Waals surface area contributed by atoms with Gasteiger partial charge in [0.15, 0.2) is 11.5 Å². The molecule has 8 heteroatoms. The molecule has 0 aromatic heterocycles. The molecule has 0 radical (unpaired) electrons. The average Bonchev–Trinajstić information content (AvgIpc) is 2.65. The van der Waals surface area contributed by atoms with Crippen LogP contribution in [-0.4, -0.2) is 27.5 Å². The van der Waals surface area contributed by atoms with Crippen LogP contribution in [0.1, 0.15) is 31.0 Å². The van der Waals surface area contributed by atoms with Crippen molar-refractivity contribution in [3.8, 4) is 11.5 Å². The Bertz CT molecular complexity index is 955. The number of rotatable bonds is 6. The molecule has 0 saturated carbocycles. The van der Waals surface area contributed by atoms with Crippen LogP contribution in [0.4, 0.5) is 0 Å². The van der Waals surface area contributed by atoms with Crippen molar-refractivity contribution in [2.45, 2.75) is 31.2 Å². The van der Waals surface area contributed by atoms with Gasteiger partial charge in [-0.3, -0.25) is 4.79 Å². The summed E-state index contributed by atoms with van der Waals surface area (Å²) in [6.45, 7) is 5.09. The summed E-state index contributed by atoms with van der Waals surface area (Å²) in [5.74, 6) is 1.40. The average molecular weight is 404 g/mol. The van der Waals surface area contributed by atoms with Crippen LogP contribution >= 0.6 is 0 Å². The van der Waals surface area contributed by atoms with Crippen molar-refractivity contribution in [1.82, 2.24) is 5.32 Å². The Balaban J connectivity index is 1.71. The van der Waals surface area contributed by atoms with Crippen LogP contribution in [0.5, 0.6) is 11.5 Å². The quantitative estimate of drug-likeness (QED) is 0.767. The van der Waals surface area contributed by atoms with Gasteiger partial charge in [0.1, 0.15) is 13.2 Å². The van der Waals surface area contributed by atoms with Crippen LogP contribution in [0.2, 0.25) is 0 Å². The molecule has 1 heterocycles. The Hall–Kier alpha value is -2.58. The molecule has 1 aliphatic rings. The van der Waals surface area contributed by atoms with Gasteiger partial charge in [0.2, 0.25) is 15.9 Å². The maximum atomic E-state index is 12.6. The maximum Gasteiger partial charge on any atom is 0.238 e. The SMILES string of the molecule is CC(C)C(NC(=O)Cc1ccc(S(N)(=O)=O)cc1)c1ccc2c(c1)OCCO2. The van der Waals surface area contributed by atoms with Gasteiger partial charge in [0, 0.05) is 0 Å². The van der Waals surface area contributed by atoms with E-state index in [1.165, 1.54) is 12.1 Å². The summed E-state index contributed by atoms with van der Waals surface area (Å²) in [4.78, 5) is 12.6. The number of hydrogen-bond acceptors (Lipinski definition) is 5. The standard InChI is InChI=1S/C20H24N2O5S/c1-13(2)20(15-5-8-17-18(12-15)27-10-9-26-17)22-19(23)11-14-3-6-16(7-4-14)28(21,24)25/h3-8,12-13,20H,9-11H2,1-2H3,(H,22,23)(H2,21,24,25). The molecule has 0 aliphatic carbocycles. The fraction of sp³-hybridized carbons (Fsp3) is 0.350. The lowest BCUT2D eigenvalue weighted by Gasteiger charge is -2.25. The van der Waals surface area contributed by atoms with E-state index in [0.717, 1.165) is 5.56 Å². The highest BCUT2D eigenvalue weighted by molar-refractivity contribution is 7.89. The summed E-state index contributed by atoms with van der Waals surface area (Å²) in [5.41, 5.74) is 1.65. The summed E-state index contributed by atoms with van der Waals surface area (Å²) < 4.78 is 33.8. The van der Waals surface area contributed by atoms with Crippen molar-refractivity contribution in [2.75, 3.05) is 13.2 Å². The minimum atomic E-state index is -3.74. The predicted molar refractivity (Wildman–Crippen MR) is 105 cm³/mol. The lowest BCUT2D eigenvalue weighted by atomic mass is 9.95. The molecule has 28 heavy (non-hydrogen) atoms. The fourth-order valence-electron chi connectivity index (χ4n) is 3.10. The summed E-state index contributed by atoms with van der Waals surface area (Å²) in [6.07, 6.45) is 0.138. The van der Waals surface area contributed by atoms with Gasteiger partial charge < -0.3 is 14.8 Å². The molecular weight excluding hydrogens is 380 g/mol. The molecule has 7 nitrogen and oxygen atoms in total. The molecule has 2 aromatic carbocycles. The van der Waals surface area contributed by atoms with Crippen LogP contribution < -0.4 is 19.9 Å². The third kappa shape index (κ3) is 4.82. The molecule has 0 fully saturated rings. The second kappa shape index (κ2) is 8.20. The zero-order valence-corrected chi connectivity index (χ0v) is 16.7. The van der Waals surface area contributed by atoms with E-state index in [-0.39, 0.29) is 29.2 Å². The summed E-state index contributed by atoms with van der Waals surface area (Å²) >= 11 is 0. The third-order valence-electron chi connectivity index (χ3n) is 4.53. The van der Waals surface area contributed by atoms with Gasteiger partial charge in [0.25, 0.3) is 0 Å². The molecule has 1 amide bonds. The van der Waals surface area contributed by atoms with E-state index in [1.54, 1.807) is 12.1 Å². The highest BCUT2D eigenvalue weighted by atomic mass is 32.2. The Morgan fingerprint density at radius 2 is 1.71 bits per heavy atom. The Morgan fingerprint density at radius 1 is 1.07 bits per heavy atom. The van der Waals surface area contributed by atoms with Crippen LogP contribution in [0, 0.1) is 5.92 Å². The number of carbonyl (C=O) groups excluding carboxylic acids is 1. The molecule has 0 saturated heterocycles. The summed E-state index contributed by atoms with van der Waals surface area (Å²) in [7, 11) is -3.74. The minimum Gasteiger partial charge on any atom is -0.486 e. The van der Waals surface area contributed by atoms with Gasteiger partial charge in [-0.25, -0.2) is 13.6 Å². The largest absolute Gasteiger partial charge is 0.486 e. The van der Waals surface area contributed by atoms with Crippen molar-refractivity contribution in [1.29, 1.82) is 0 Å². The lowest BCUT2D eigenvalue weighted by molar-refractivity contribution is -0.121. The Kier molecular flexibility index (Phi) is 5.90. The maximum absolute atomic E-state index is 12.6. The van der Waals surface area contributed by atoms with Gasteiger partial charge in [-0.2, -0.15) is 0 Å². The third-order valence-corrected chi connectivity index (χ3v) is 5.45. The molecule has 1 atom stereocenters. The van der Waals surface area contributed by atoms with Crippen LogP contribution in [0.3, 0.4) is 0 Å². The summed E-state index contributed by atoms with van der Waals surface area (Å²) in [5, 5.41) is 8.15. The molecule has 1 unspecified atom stereocenters. The predicted octanol–water partition coefficient (Wildman–Crippen LogP) is 2.16. The smallest absolute Gasteiger partial charge is 0.238 e. The Morgan fingerprint density at radius 3 is 2.32 bits per heavy atom. The van der Waals surface area contributed by atoms with Gasteiger partial charge in [-0.15, -0.1) is 0 Å². The van der Waals surface area contributed by atoms with E-state index in [2.05, 4.69) is 5.32 Å². The van der Waals surface area contributed by atoms with Crippen LogP contribution in [0.25, 0.3) is 0 Å². The lowest BCUT2D eigenvalue weighted by Crippen LogP contribution is -2.33. The highest BCUT2D eigenvalue weighted by Crippen LogP contribution is 2.34. The van der Waals surface area contributed by atoms with E-state index in [4.69, 9.17) is 14.6 Å². The number of fused-ring (bicyclic) bond motifs is 1. The van der Waals surface area contributed by atoms with Crippen molar-refractivity contribution >= 4 is 15.9 Å². The van der Waals surface area contributed by atoms with E-state index in [1.807, 2.05) is 32.0 Å². The molecular formula is C20H24N2O5S. The van der Waals surface area contributed by atoms with Gasteiger partial charge in [-0.05, 0) is 41.3 Å². The topological polar surface area (TPSA) is 108 Å². The number of ether oxygens (including phenoxy) is 2. The Labute approximate surface area is 164 Å². The molecule has 1 aliphatic heterocycles. The second-order valence-corrected chi connectivity index (χ2v) is 8.62. The number of amides is 1. The monoisotopic (exact) mass is 404 g/mol. The molecule has 150 valence electrons. The van der Waals surface area contributed by atoms with E-state index in [9.17, 15) is 13.2 Å². The second-order valence-electron chi connectivity index (χ2n) is 7.06. The first-order chi connectivity index (χ1) is 13.2. The number of sulfonamides is 1. The number of primary sulfonamides is 1. The first-order valence-electron chi connectivity index (χ1n) is 9.04. The zero-order chi connectivity index (χ0) is 20.3. The number of carbonyl (C=O) groups is 1. The number of hydrogen-bond donors (Lipinski definition) is 2. The molecule has 0 bridgehead atoms. The molecule has 3 rings (SSSR count). The number of nitrogens with one attached hydrogen (secondary N) is 1. The van der Waals surface area contributed by atoms with Gasteiger partial charge in [-0.1, -0.05) is 32.0 Å². The normalized spacial score (nSPS) is 14.6. The first-order valence-corrected chi connectivity index (χ1v) is 10.6. The highest BCUT2D eigenvalue weighted by Gasteiger charge is 2.21. The van der Waals surface area contributed by atoms with Gasteiger partial charge in [0.05, 0.1) is 17.4 Å². The van der Waals surface area contributed by atoms with E-state index >= 15 is 0 Å². The van der Waals surface area contributed by atoms with E-state index < -0.39 is 10.0 Å². The number of nitrogens with two attached hydrogens (primary N) is 1. The first kappa shape index (κ1) is 20.2. The zero-order valence-electron chi connectivity index (χ0n) is 15.8. The molecule has 0 spiro atoms. The van der Waals surface area contributed by atoms with Crippen molar-refractivity contribution in [3.63, 3.8) is 0 Å². The fourth-order valence-corrected chi connectivity index (χ4v) is 3.61. The van der Waals surface area contributed by atoms with E-state index in [0.29, 0.717) is 30.3 Å². The molecule has 2 aromatic rings. The van der Waals surface area contributed by atoms with Gasteiger partial charge >= 0.3 is 0 Å². The van der Waals surface area contributed by atoms with Crippen LogP contribution in [0.15, 0.2) is 47.4 Å². The van der Waals surface area contributed by atoms with Crippen molar-refractivity contribution in [2.24, 2.45) is 11.1 Å². The van der Waals surface area contributed by atoms with Crippen molar-refractivity contribution < 1.29 is 22.7 Å². The molecule has 3 N–H and O–H groups in total. The minimum absolute atomic E-state index is 0.0213. The summed E-state index contributed by atoms with van der Waals surface area (Å²) in [6, 6.07) is 11.5.